The first-order chi connectivity index (χ1) is 8.96. The van der Waals surface area contributed by atoms with E-state index in [0.29, 0.717) is 13.0 Å². The summed E-state index contributed by atoms with van der Waals surface area (Å²) in [6, 6.07) is 3.67. The summed E-state index contributed by atoms with van der Waals surface area (Å²) < 4.78 is 30.1. The number of benzene rings is 1. The van der Waals surface area contributed by atoms with Crippen molar-refractivity contribution in [3.63, 3.8) is 0 Å². The van der Waals surface area contributed by atoms with Crippen LogP contribution in [0.1, 0.15) is 16.8 Å². The van der Waals surface area contributed by atoms with Gasteiger partial charge in [-0.25, -0.2) is 13.2 Å². The van der Waals surface area contributed by atoms with Crippen LogP contribution >= 0.6 is 0 Å². The number of hydrogen-bond donors (Lipinski definition) is 1. The van der Waals surface area contributed by atoms with Crippen LogP contribution in [0.5, 0.6) is 5.75 Å². The molecule has 1 heterocycles. The van der Waals surface area contributed by atoms with E-state index >= 15 is 0 Å². The second-order valence-corrected chi connectivity index (χ2v) is 5.71. The quantitative estimate of drug-likeness (QED) is 0.877. The van der Waals surface area contributed by atoms with Gasteiger partial charge >= 0.3 is 5.97 Å². The fraction of sp³-hybridized carbons (Fsp3) is 0.364. The number of rotatable bonds is 4. The van der Waals surface area contributed by atoms with Crippen LogP contribution in [0.3, 0.4) is 0 Å². The van der Waals surface area contributed by atoms with E-state index in [1.807, 2.05) is 0 Å². The van der Waals surface area contributed by atoms with Crippen molar-refractivity contribution in [2.75, 3.05) is 20.3 Å². The normalized spacial score (nSPS) is 16.5. The number of ether oxygens (including phenoxy) is 1. The highest BCUT2D eigenvalue weighted by atomic mass is 32.2. The summed E-state index contributed by atoms with van der Waals surface area (Å²) in [5.74, 6) is -1.15. The molecule has 1 N–H and O–H groups in total. The summed E-state index contributed by atoms with van der Waals surface area (Å²) in [5, 5.41) is 9.03. The Bertz CT molecular complexity index is 591. The first-order valence-electron chi connectivity index (χ1n) is 5.54. The second kappa shape index (κ2) is 5.16. The zero-order valence-electron chi connectivity index (χ0n) is 10.2. The van der Waals surface area contributed by atoms with Crippen molar-refractivity contribution in [3.8, 4) is 5.75 Å². The lowest BCUT2D eigenvalue weighted by atomic mass is 10.2. The zero-order chi connectivity index (χ0) is 14.0. The van der Waals surface area contributed by atoms with Gasteiger partial charge in [-0.2, -0.15) is 0 Å². The summed E-state index contributed by atoms with van der Waals surface area (Å²) in [4.78, 5) is 15.9. The van der Waals surface area contributed by atoms with Gasteiger partial charge in [0.1, 0.15) is 11.3 Å². The van der Waals surface area contributed by atoms with Crippen LogP contribution in [0, 0.1) is 0 Å². The maximum atomic E-state index is 12.2. The molecule has 1 fully saturated rings. The molecule has 1 aliphatic heterocycles. The van der Waals surface area contributed by atoms with Gasteiger partial charge in [0.15, 0.2) is 0 Å². The molecule has 0 amide bonds. The second-order valence-electron chi connectivity index (χ2n) is 3.89. The minimum Gasteiger partial charge on any atom is -0.496 e. The van der Waals surface area contributed by atoms with Crippen molar-refractivity contribution >= 4 is 16.0 Å². The molecule has 0 spiro atoms. The average Bonchev–Trinajstić information content (AvgIpc) is 2.92. The van der Waals surface area contributed by atoms with Crippen LogP contribution < -0.4 is 4.74 Å². The van der Waals surface area contributed by atoms with E-state index in [2.05, 4.69) is 0 Å². The number of sulfonamides is 1. The van der Waals surface area contributed by atoms with Crippen LogP contribution in [0.4, 0.5) is 0 Å². The molecule has 1 aromatic carbocycles. The summed E-state index contributed by atoms with van der Waals surface area (Å²) in [6.07, 6.45) is 0.612. The number of carboxylic acids is 1. The molecule has 104 valence electrons. The average molecular weight is 287 g/mol. The smallest absolute Gasteiger partial charge is 0.339 e. The topological polar surface area (TPSA) is 93.1 Å². The van der Waals surface area contributed by atoms with Gasteiger partial charge in [0.2, 0.25) is 0 Å². The van der Waals surface area contributed by atoms with Crippen LogP contribution in [0.15, 0.2) is 23.1 Å². The molecule has 8 heteroatoms. The first-order valence-corrected chi connectivity index (χ1v) is 6.98. The molecular weight excluding hydrogens is 274 g/mol. The molecular formula is C11H13NO6S. The Balaban J connectivity index is 2.45. The van der Waals surface area contributed by atoms with E-state index in [9.17, 15) is 13.2 Å². The first kappa shape index (κ1) is 13.8. The predicted molar refractivity (Wildman–Crippen MR) is 64.4 cm³/mol. The molecule has 0 bridgehead atoms. The standard InChI is InChI=1S/C11H13NO6S/c1-17-10-4-3-8(7-9(10)11(13)14)19(15,16)12-5-2-6-18-12/h3-4,7H,2,5-6H2,1H3,(H,13,14). The number of hydroxylamine groups is 1. The summed E-state index contributed by atoms with van der Waals surface area (Å²) >= 11 is 0. The maximum absolute atomic E-state index is 12.2. The Morgan fingerprint density at radius 3 is 2.74 bits per heavy atom. The number of carboxylic acid groups (broad SMARTS) is 1. The van der Waals surface area contributed by atoms with Crippen molar-refractivity contribution in [2.45, 2.75) is 11.3 Å². The fourth-order valence-electron chi connectivity index (χ4n) is 1.75. The third kappa shape index (κ3) is 2.55. The van der Waals surface area contributed by atoms with Crippen molar-refractivity contribution in [2.24, 2.45) is 0 Å². The van der Waals surface area contributed by atoms with E-state index < -0.39 is 16.0 Å². The monoisotopic (exact) mass is 287 g/mol. The van der Waals surface area contributed by atoms with Gasteiger partial charge in [-0.1, -0.05) is 4.47 Å². The van der Waals surface area contributed by atoms with Crippen LogP contribution in [-0.4, -0.2) is 44.2 Å². The van der Waals surface area contributed by atoms with Crippen molar-refractivity contribution in [3.05, 3.63) is 23.8 Å². The van der Waals surface area contributed by atoms with Gasteiger partial charge in [-0.3, -0.25) is 4.84 Å². The van der Waals surface area contributed by atoms with Crippen molar-refractivity contribution < 1.29 is 27.9 Å². The molecule has 7 nitrogen and oxygen atoms in total. The summed E-state index contributed by atoms with van der Waals surface area (Å²) in [7, 11) is -2.51. The van der Waals surface area contributed by atoms with Crippen molar-refractivity contribution in [1.82, 2.24) is 4.47 Å². The molecule has 1 aromatic rings. The van der Waals surface area contributed by atoms with Gasteiger partial charge < -0.3 is 9.84 Å². The van der Waals surface area contributed by atoms with E-state index in [0.717, 1.165) is 10.5 Å². The number of methoxy groups -OCH3 is 1. The summed E-state index contributed by atoms with van der Waals surface area (Å²) in [5.41, 5.74) is -0.206. The highest BCUT2D eigenvalue weighted by molar-refractivity contribution is 7.89. The van der Waals surface area contributed by atoms with Crippen molar-refractivity contribution in [1.29, 1.82) is 0 Å². The summed E-state index contributed by atoms with van der Waals surface area (Å²) in [6.45, 7) is 0.595. The van der Waals surface area contributed by atoms with Crippen LogP contribution in [0.2, 0.25) is 0 Å². The Hall–Kier alpha value is -1.64. The van der Waals surface area contributed by atoms with E-state index in [4.69, 9.17) is 14.7 Å². The minimum atomic E-state index is -3.83. The minimum absolute atomic E-state index is 0.105. The predicted octanol–water partition coefficient (Wildman–Crippen LogP) is 0.719. The Morgan fingerprint density at radius 2 is 2.21 bits per heavy atom. The van der Waals surface area contributed by atoms with Gasteiger partial charge in [0.25, 0.3) is 10.0 Å². The SMILES string of the molecule is COc1ccc(S(=O)(=O)N2CCCO2)cc1C(=O)O. The van der Waals surface area contributed by atoms with Crippen LogP contribution in [-0.2, 0) is 14.9 Å². The molecule has 0 atom stereocenters. The zero-order valence-corrected chi connectivity index (χ0v) is 11.0. The largest absolute Gasteiger partial charge is 0.496 e. The lowest BCUT2D eigenvalue weighted by Crippen LogP contribution is -2.27. The highest BCUT2D eigenvalue weighted by Crippen LogP contribution is 2.26. The van der Waals surface area contributed by atoms with Gasteiger partial charge in [0, 0.05) is 6.54 Å². The third-order valence-electron chi connectivity index (χ3n) is 2.69. The number of aromatic carboxylic acids is 1. The van der Waals surface area contributed by atoms with Gasteiger partial charge in [0.05, 0.1) is 18.6 Å². The maximum Gasteiger partial charge on any atom is 0.339 e. The van der Waals surface area contributed by atoms with Gasteiger partial charge in [-0.15, -0.1) is 0 Å². The highest BCUT2D eigenvalue weighted by Gasteiger charge is 2.30. The van der Waals surface area contributed by atoms with E-state index in [1.54, 1.807) is 0 Å². The molecule has 1 saturated heterocycles. The lowest BCUT2D eigenvalue weighted by molar-refractivity contribution is -0.0284. The van der Waals surface area contributed by atoms with Crippen LogP contribution in [0.25, 0.3) is 0 Å². The molecule has 1 aliphatic rings. The van der Waals surface area contributed by atoms with E-state index in [1.165, 1.54) is 19.2 Å². The number of nitrogens with zero attached hydrogens (tertiary/aromatic N) is 1. The Kier molecular flexibility index (Phi) is 3.74. The molecule has 0 saturated carbocycles. The third-order valence-corrected chi connectivity index (χ3v) is 4.36. The molecule has 0 aromatic heterocycles. The molecule has 0 radical (unpaired) electrons. The Labute approximate surface area is 110 Å². The Morgan fingerprint density at radius 1 is 1.47 bits per heavy atom. The van der Waals surface area contributed by atoms with E-state index in [-0.39, 0.29) is 22.8 Å². The lowest BCUT2D eigenvalue weighted by Gasteiger charge is -2.15. The molecule has 0 aliphatic carbocycles. The fourth-order valence-corrected chi connectivity index (χ4v) is 3.07. The van der Waals surface area contributed by atoms with Gasteiger partial charge in [-0.05, 0) is 24.6 Å². The molecule has 19 heavy (non-hydrogen) atoms. The number of hydrogen-bond acceptors (Lipinski definition) is 5. The molecule has 2 rings (SSSR count). The number of carbonyl (C=O) groups is 1. The molecule has 0 unspecified atom stereocenters.